The maximum Gasteiger partial charge on any atom is 0.236 e. The summed E-state index contributed by atoms with van der Waals surface area (Å²) < 4.78 is 0. The molecule has 0 radical (unpaired) electrons. The molecule has 0 aromatic heterocycles. The number of halogens is 1. The smallest absolute Gasteiger partial charge is 0.236 e. The van der Waals surface area contributed by atoms with E-state index in [2.05, 4.69) is 17.0 Å². The number of amides is 2. The summed E-state index contributed by atoms with van der Waals surface area (Å²) in [6, 6.07) is 10.3. The molecule has 0 unspecified atom stereocenters. The lowest BCUT2D eigenvalue weighted by atomic mass is 10.1. The lowest BCUT2D eigenvalue weighted by Gasteiger charge is -2.35. The molecule has 0 saturated carbocycles. The number of benzene rings is 1. The van der Waals surface area contributed by atoms with Crippen molar-refractivity contribution in [1.29, 1.82) is 0 Å². The summed E-state index contributed by atoms with van der Waals surface area (Å²) in [4.78, 5) is 29.6. The summed E-state index contributed by atoms with van der Waals surface area (Å²) in [5.41, 5.74) is 6.96. The van der Waals surface area contributed by atoms with Gasteiger partial charge in [-0.05, 0) is 12.0 Å². The summed E-state index contributed by atoms with van der Waals surface area (Å²) >= 11 is 0. The fourth-order valence-corrected chi connectivity index (χ4v) is 2.95. The molecule has 2 rings (SSSR count). The van der Waals surface area contributed by atoms with Gasteiger partial charge in [0.2, 0.25) is 11.8 Å². The zero-order valence-corrected chi connectivity index (χ0v) is 15.7. The Hall–Kier alpha value is -1.63. The zero-order chi connectivity index (χ0) is 17.4. The van der Waals surface area contributed by atoms with E-state index in [0.717, 1.165) is 13.0 Å². The van der Waals surface area contributed by atoms with Gasteiger partial charge in [-0.25, -0.2) is 0 Å². The van der Waals surface area contributed by atoms with Crippen LogP contribution in [-0.4, -0.2) is 78.9 Å². The van der Waals surface area contributed by atoms with Crippen molar-refractivity contribution in [3.8, 4) is 0 Å². The van der Waals surface area contributed by atoms with Gasteiger partial charge in [-0.1, -0.05) is 30.3 Å². The Bertz CT molecular complexity index is 533. The van der Waals surface area contributed by atoms with Crippen molar-refractivity contribution in [2.75, 3.05) is 52.4 Å². The summed E-state index contributed by atoms with van der Waals surface area (Å²) in [5, 5.41) is 0. The number of nitrogens with zero attached hydrogens (tertiary/aromatic N) is 3. The predicted octanol–water partition coefficient (Wildman–Crippen LogP) is 0.602. The van der Waals surface area contributed by atoms with Crippen molar-refractivity contribution >= 4 is 24.2 Å². The molecule has 1 heterocycles. The highest BCUT2D eigenvalue weighted by molar-refractivity contribution is 5.85. The van der Waals surface area contributed by atoms with Gasteiger partial charge in [0.25, 0.3) is 0 Å². The Balaban J connectivity index is 0.00000312. The third-order valence-corrected chi connectivity index (χ3v) is 4.44. The lowest BCUT2D eigenvalue weighted by molar-refractivity contribution is -0.139. The van der Waals surface area contributed by atoms with E-state index in [1.807, 2.05) is 23.1 Å². The molecule has 0 aliphatic carbocycles. The van der Waals surface area contributed by atoms with E-state index in [-0.39, 0.29) is 24.2 Å². The Morgan fingerprint density at radius 2 is 1.64 bits per heavy atom. The quantitative estimate of drug-likeness (QED) is 0.765. The monoisotopic (exact) mass is 368 g/mol. The third-order valence-electron chi connectivity index (χ3n) is 4.44. The summed E-state index contributed by atoms with van der Waals surface area (Å²) in [6.07, 6.45) is 0.909. The third kappa shape index (κ3) is 7.02. The molecule has 0 atom stereocenters. The summed E-state index contributed by atoms with van der Waals surface area (Å²) in [5.74, 6) is 0.203. The molecular weight excluding hydrogens is 340 g/mol. The lowest BCUT2D eigenvalue weighted by Crippen LogP contribution is -2.52. The highest BCUT2D eigenvalue weighted by Crippen LogP contribution is 2.05. The van der Waals surface area contributed by atoms with Crippen LogP contribution in [-0.2, 0) is 16.0 Å². The normalized spacial score (nSPS) is 14.4. The average Bonchev–Trinajstić information content (AvgIpc) is 2.60. The van der Waals surface area contributed by atoms with Crippen molar-refractivity contribution in [1.82, 2.24) is 14.7 Å². The van der Waals surface area contributed by atoms with Crippen molar-refractivity contribution < 1.29 is 9.59 Å². The molecule has 2 N–H and O–H groups in total. The van der Waals surface area contributed by atoms with Crippen molar-refractivity contribution in [3.05, 3.63) is 35.9 Å². The topological polar surface area (TPSA) is 69.9 Å². The molecule has 1 aliphatic rings. The maximum atomic E-state index is 12.5. The minimum atomic E-state index is 0. The Labute approximate surface area is 156 Å². The van der Waals surface area contributed by atoms with E-state index in [1.54, 1.807) is 11.8 Å². The second-order valence-electron chi connectivity index (χ2n) is 6.19. The average molecular weight is 369 g/mol. The number of carbonyl (C=O) groups excluding carboxylic acids is 2. The van der Waals surface area contributed by atoms with Crippen LogP contribution in [0, 0.1) is 0 Å². The van der Waals surface area contributed by atoms with E-state index in [0.29, 0.717) is 45.8 Å². The molecule has 1 fully saturated rings. The first kappa shape index (κ1) is 21.4. The Kier molecular flexibility index (Phi) is 9.49. The van der Waals surface area contributed by atoms with Crippen LogP contribution in [0.4, 0.5) is 0 Å². The van der Waals surface area contributed by atoms with E-state index in [1.165, 1.54) is 5.56 Å². The predicted molar refractivity (Wildman–Crippen MR) is 102 cm³/mol. The van der Waals surface area contributed by atoms with Crippen LogP contribution in [0.3, 0.4) is 0 Å². The second kappa shape index (κ2) is 11.1. The number of piperazine rings is 1. The van der Waals surface area contributed by atoms with Gasteiger partial charge in [-0.2, -0.15) is 0 Å². The van der Waals surface area contributed by atoms with Crippen LogP contribution < -0.4 is 5.73 Å². The van der Waals surface area contributed by atoms with Crippen molar-refractivity contribution in [2.24, 2.45) is 5.73 Å². The van der Waals surface area contributed by atoms with Crippen LogP contribution in [0.2, 0.25) is 0 Å². The molecule has 25 heavy (non-hydrogen) atoms. The summed E-state index contributed by atoms with van der Waals surface area (Å²) in [6.45, 7) is 6.53. The van der Waals surface area contributed by atoms with Crippen LogP contribution in [0.25, 0.3) is 0 Å². The fourth-order valence-electron chi connectivity index (χ4n) is 2.95. The van der Waals surface area contributed by atoms with E-state index >= 15 is 0 Å². The fraction of sp³-hybridized carbons (Fsp3) is 0.556. The largest absolute Gasteiger partial charge is 0.339 e. The summed E-state index contributed by atoms with van der Waals surface area (Å²) in [7, 11) is 0. The SMILES string of the molecule is CC(=O)N1CCN(C(=O)CN(CCN)CCc2ccccc2)CC1.Cl. The van der Waals surface area contributed by atoms with Crippen LogP contribution in [0.5, 0.6) is 0 Å². The van der Waals surface area contributed by atoms with E-state index in [4.69, 9.17) is 5.73 Å². The molecule has 140 valence electrons. The number of carbonyl (C=O) groups is 2. The van der Waals surface area contributed by atoms with Crippen LogP contribution >= 0.6 is 12.4 Å². The molecule has 7 heteroatoms. The number of hydrogen-bond donors (Lipinski definition) is 1. The molecular formula is C18H29ClN4O2. The van der Waals surface area contributed by atoms with Gasteiger partial charge in [0, 0.05) is 52.7 Å². The number of rotatable bonds is 7. The number of nitrogens with two attached hydrogens (primary N) is 1. The van der Waals surface area contributed by atoms with Gasteiger partial charge in [-0.15, -0.1) is 12.4 Å². The first-order valence-electron chi connectivity index (χ1n) is 8.60. The van der Waals surface area contributed by atoms with Gasteiger partial charge >= 0.3 is 0 Å². The van der Waals surface area contributed by atoms with Crippen LogP contribution in [0.1, 0.15) is 12.5 Å². The Morgan fingerprint density at radius 3 is 2.20 bits per heavy atom. The minimum absolute atomic E-state index is 0. The van der Waals surface area contributed by atoms with Crippen molar-refractivity contribution in [3.63, 3.8) is 0 Å². The molecule has 0 spiro atoms. The standard InChI is InChI=1S/C18H28N4O2.ClH/c1-16(23)21-11-13-22(14-12-21)18(24)15-20(10-8-19)9-7-17-5-3-2-4-6-17;/h2-6H,7-15,19H2,1H3;1H. The van der Waals surface area contributed by atoms with Crippen molar-refractivity contribution in [2.45, 2.75) is 13.3 Å². The zero-order valence-electron chi connectivity index (χ0n) is 14.9. The van der Waals surface area contributed by atoms with E-state index in [9.17, 15) is 9.59 Å². The van der Waals surface area contributed by atoms with Gasteiger partial charge in [-0.3, -0.25) is 14.5 Å². The second-order valence-corrected chi connectivity index (χ2v) is 6.19. The molecule has 1 saturated heterocycles. The number of hydrogen-bond acceptors (Lipinski definition) is 4. The highest BCUT2D eigenvalue weighted by Gasteiger charge is 2.23. The Morgan fingerprint density at radius 1 is 1.04 bits per heavy atom. The molecule has 2 amide bonds. The molecule has 1 aromatic carbocycles. The van der Waals surface area contributed by atoms with Crippen LogP contribution in [0.15, 0.2) is 30.3 Å². The van der Waals surface area contributed by atoms with Gasteiger partial charge in [0.1, 0.15) is 0 Å². The first-order chi connectivity index (χ1) is 11.6. The van der Waals surface area contributed by atoms with Gasteiger partial charge in [0.05, 0.1) is 6.54 Å². The van der Waals surface area contributed by atoms with Gasteiger partial charge in [0.15, 0.2) is 0 Å². The first-order valence-corrected chi connectivity index (χ1v) is 8.60. The molecule has 6 nitrogen and oxygen atoms in total. The molecule has 0 bridgehead atoms. The minimum Gasteiger partial charge on any atom is -0.339 e. The molecule has 1 aliphatic heterocycles. The van der Waals surface area contributed by atoms with Gasteiger partial charge < -0.3 is 15.5 Å². The maximum absolute atomic E-state index is 12.5. The molecule has 1 aromatic rings. The highest BCUT2D eigenvalue weighted by atomic mass is 35.5. The van der Waals surface area contributed by atoms with E-state index < -0.39 is 0 Å².